The molecule has 5 nitrogen and oxygen atoms in total. The normalized spacial score (nSPS) is 14.5. The number of carboxylic acids is 1. The van der Waals surface area contributed by atoms with Gasteiger partial charge in [-0.3, -0.25) is 4.79 Å². The van der Waals surface area contributed by atoms with Gasteiger partial charge in [0.25, 0.3) is 5.91 Å². The zero-order valence-electron chi connectivity index (χ0n) is 13.1. The van der Waals surface area contributed by atoms with Crippen LogP contribution in [0.1, 0.15) is 37.8 Å². The van der Waals surface area contributed by atoms with Crippen LogP contribution < -0.4 is 10.1 Å². The number of hydrogen-bond donors (Lipinski definition) is 2. The number of aryl methyl sites for hydroxylation is 2. The van der Waals surface area contributed by atoms with Crippen molar-refractivity contribution in [3.8, 4) is 5.75 Å². The number of amides is 1. The molecule has 0 spiro atoms. The van der Waals surface area contributed by atoms with Gasteiger partial charge < -0.3 is 15.2 Å². The van der Waals surface area contributed by atoms with Crippen LogP contribution >= 0.6 is 0 Å². The van der Waals surface area contributed by atoms with Gasteiger partial charge in [-0.1, -0.05) is 19.9 Å². The van der Waals surface area contributed by atoms with Crippen LogP contribution in [0, 0.1) is 5.92 Å². The van der Waals surface area contributed by atoms with Crippen molar-refractivity contribution in [3.63, 3.8) is 0 Å². The highest BCUT2D eigenvalue weighted by atomic mass is 16.5. The van der Waals surface area contributed by atoms with Crippen molar-refractivity contribution in [2.24, 2.45) is 5.92 Å². The SMILES string of the molecule is CC(C)CC(NC(=O)COc1ccc2c(c1)CCC2)C(=O)O. The molecule has 0 bridgehead atoms. The van der Waals surface area contributed by atoms with Gasteiger partial charge in [0, 0.05) is 0 Å². The lowest BCUT2D eigenvalue weighted by molar-refractivity contribution is -0.142. The topological polar surface area (TPSA) is 75.6 Å². The average molecular weight is 305 g/mol. The minimum atomic E-state index is -1.01. The molecular formula is C17H23NO4. The maximum atomic E-state index is 11.8. The molecule has 5 heteroatoms. The molecule has 0 saturated carbocycles. The quantitative estimate of drug-likeness (QED) is 0.809. The Hall–Kier alpha value is -2.04. The summed E-state index contributed by atoms with van der Waals surface area (Å²) in [6.45, 7) is 3.67. The van der Waals surface area contributed by atoms with E-state index in [-0.39, 0.29) is 12.5 Å². The summed E-state index contributed by atoms with van der Waals surface area (Å²) in [4.78, 5) is 23.0. The van der Waals surface area contributed by atoms with E-state index in [0.29, 0.717) is 12.2 Å². The monoisotopic (exact) mass is 305 g/mol. The lowest BCUT2D eigenvalue weighted by Gasteiger charge is -2.16. The lowest BCUT2D eigenvalue weighted by atomic mass is 10.0. The van der Waals surface area contributed by atoms with Gasteiger partial charge in [0.05, 0.1) is 0 Å². The summed E-state index contributed by atoms with van der Waals surface area (Å²) >= 11 is 0. The molecule has 1 aromatic carbocycles. The maximum absolute atomic E-state index is 11.8. The number of carbonyl (C=O) groups is 2. The molecule has 1 atom stereocenters. The molecule has 0 radical (unpaired) electrons. The predicted octanol–water partition coefficient (Wildman–Crippen LogP) is 2.17. The van der Waals surface area contributed by atoms with Gasteiger partial charge in [0.15, 0.2) is 6.61 Å². The van der Waals surface area contributed by atoms with E-state index >= 15 is 0 Å². The number of hydrogen-bond acceptors (Lipinski definition) is 3. The molecule has 1 aliphatic carbocycles. The molecule has 2 N–H and O–H groups in total. The fourth-order valence-corrected chi connectivity index (χ4v) is 2.72. The fraction of sp³-hybridized carbons (Fsp3) is 0.529. The first-order valence-corrected chi connectivity index (χ1v) is 7.72. The number of carboxylic acid groups (broad SMARTS) is 1. The molecule has 120 valence electrons. The van der Waals surface area contributed by atoms with Crippen LogP contribution in [0.3, 0.4) is 0 Å². The Morgan fingerprint density at radius 3 is 2.68 bits per heavy atom. The van der Waals surface area contributed by atoms with E-state index in [4.69, 9.17) is 9.84 Å². The molecule has 0 saturated heterocycles. The van der Waals surface area contributed by atoms with E-state index in [1.54, 1.807) is 0 Å². The molecule has 0 aromatic heterocycles. The number of ether oxygens (including phenoxy) is 1. The maximum Gasteiger partial charge on any atom is 0.326 e. The summed E-state index contributed by atoms with van der Waals surface area (Å²) in [5.74, 6) is -0.571. The van der Waals surface area contributed by atoms with E-state index in [0.717, 1.165) is 19.3 Å². The first-order valence-electron chi connectivity index (χ1n) is 7.72. The third-order valence-corrected chi connectivity index (χ3v) is 3.78. The molecule has 1 unspecified atom stereocenters. The molecular weight excluding hydrogens is 282 g/mol. The van der Waals surface area contributed by atoms with Crippen LogP contribution in [-0.2, 0) is 22.4 Å². The number of carbonyl (C=O) groups excluding carboxylic acids is 1. The van der Waals surface area contributed by atoms with Crippen molar-refractivity contribution in [1.29, 1.82) is 0 Å². The third-order valence-electron chi connectivity index (χ3n) is 3.78. The van der Waals surface area contributed by atoms with Gasteiger partial charge in [0.2, 0.25) is 0 Å². The fourth-order valence-electron chi connectivity index (χ4n) is 2.72. The minimum absolute atomic E-state index is 0.166. The smallest absolute Gasteiger partial charge is 0.326 e. The number of fused-ring (bicyclic) bond motifs is 1. The summed E-state index contributed by atoms with van der Waals surface area (Å²) in [6, 6.07) is 5.00. The van der Waals surface area contributed by atoms with Crippen LogP contribution in [0.4, 0.5) is 0 Å². The van der Waals surface area contributed by atoms with E-state index in [9.17, 15) is 9.59 Å². The highest BCUT2D eigenvalue weighted by Gasteiger charge is 2.21. The molecule has 1 aromatic rings. The molecule has 2 rings (SSSR count). The Kier molecular flexibility index (Phi) is 5.41. The molecule has 1 aliphatic rings. The zero-order valence-corrected chi connectivity index (χ0v) is 13.1. The summed E-state index contributed by atoms with van der Waals surface area (Å²) in [5.41, 5.74) is 2.63. The van der Waals surface area contributed by atoms with Crippen molar-refractivity contribution < 1.29 is 19.4 Å². The molecule has 1 amide bonds. The van der Waals surface area contributed by atoms with Gasteiger partial charge in [-0.2, -0.15) is 0 Å². The third kappa shape index (κ3) is 4.48. The first kappa shape index (κ1) is 16.3. The van der Waals surface area contributed by atoms with Crippen molar-refractivity contribution >= 4 is 11.9 Å². The van der Waals surface area contributed by atoms with E-state index in [1.165, 1.54) is 11.1 Å². The first-order chi connectivity index (χ1) is 10.5. The number of aliphatic carboxylic acids is 1. The lowest BCUT2D eigenvalue weighted by Crippen LogP contribution is -2.43. The van der Waals surface area contributed by atoms with Crippen molar-refractivity contribution in [2.75, 3.05) is 6.61 Å². The van der Waals surface area contributed by atoms with Crippen LogP contribution in [0.5, 0.6) is 5.75 Å². The zero-order chi connectivity index (χ0) is 16.1. The molecule has 0 fully saturated rings. The molecule has 0 aliphatic heterocycles. The second-order valence-corrected chi connectivity index (χ2v) is 6.16. The standard InChI is InChI=1S/C17H23NO4/c1-11(2)8-15(17(20)21)18-16(19)10-22-14-7-6-12-4-3-5-13(12)9-14/h6-7,9,11,15H,3-5,8,10H2,1-2H3,(H,18,19)(H,20,21). The van der Waals surface area contributed by atoms with Crippen LogP contribution in [-0.4, -0.2) is 29.6 Å². The second-order valence-electron chi connectivity index (χ2n) is 6.16. The van der Waals surface area contributed by atoms with Crippen LogP contribution in [0.25, 0.3) is 0 Å². The van der Waals surface area contributed by atoms with Crippen LogP contribution in [0.2, 0.25) is 0 Å². The highest BCUT2D eigenvalue weighted by Crippen LogP contribution is 2.25. The second kappa shape index (κ2) is 7.29. The van der Waals surface area contributed by atoms with Gasteiger partial charge in [-0.25, -0.2) is 4.79 Å². The summed E-state index contributed by atoms with van der Waals surface area (Å²) in [7, 11) is 0. The molecule has 0 heterocycles. The highest BCUT2D eigenvalue weighted by molar-refractivity contribution is 5.84. The van der Waals surface area contributed by atoms with Crippen molar-refractivity contribution in [2.45, 2.75) is 45.6 Å². The van der Waals surface area contributed by atoms with Crippen molar-refractivity contribution in [1.82, 2.24) is 5.32 Å². The number of rotatable bonds is 7. The van der Waals surface area contributed by atoms with Gasteiger partial charge in [-0.05, 0) is 54.9 Å². The van der Waals surface area contributed by atoms with Crippen molar-refractivity contribution in [3.05, 3.63) is 29.3 Å². The van der Waals surface area contributed by atoms with E-state index < -0.39 is 17.9 Å². The Bertz CT molecular complexity index is 554. The Balaban J connectivity index is 1.85. The predicted molar refractivity (Wildman–Crippen MR) is 83.0 cm³/mol. The molecule has 22 heavy (non-hydrogen) atoms. The summed E-state index contributed by atoms with van der Waals surface area (Å²) in [5, 5.41) is 11.6. The largest absolute Gasteiger partial charge is 0.484 e. The Morgan fingerprint density at radius 2 is 2.00 bits per heavy atom. The average Bonchev–Trinajstić information content (AvgIpc) is 2.91. The summed E-state index contributed by atoms with van der Waals surface area (Å²) < 4.78 is 5.47. The van der Waals surface area contributed by atoms with E-state index in [1.807, 2.05) is 32.0 Å². The van der Waals surface area contributed by atoms with E-state index in [2.05, 4.69) is 5.32 Å². The van der Waals surface area contributed by atoms with Gasteiger partial charge in [-0.15, -0.1) is 0 Å². The van der Waals surface area contributed by atoms with Crippen LogP contribution in [0.15, 0.2) is 18.2 Å². The number of nitrogens with one attached hydrogen (secondary N) is 1. The Morgan fingerprint density at radius 1 is 1.27 bits per heavy atom. The number of benzene rings is 1. The summed E-state index contributed by atoms with van der Waals surface area (Å²) in [6.07, 6.45) is 3.72. The van der Waals surface area contributed by atoms with Gasteiger partial charge >= 0.3 is 5.97 Å². The Labute approximate surface area is 130 Å². The van der Waals surface area contributed by atoms with Gasteiger partial charge in [0.1, 0.15) is 11.8 Å². The minimum Gasteiger partial charge on any atom is -0.484 e.